The van der Waals surface area contributed by atoms with Crippen molar-refractivity contribution in [3.8, 4) is 5.75 Å². The lowest BCUT2D eigenvalue weighted by molar-refractivity contribution is -0.131. The molecule has 0 unspecified atom stereocenters. The molecule has 1 aromatic rings. The van der Waals surface area contributed by atoms with Gasteiger partial charge in [-0.1, -0.05) is 30.4 Å². The van der Waals surface area contributed by atoms with Crippen LogP contribution in [-0.2, 0) is 4.79 Å². The van der Waals surface area contributed by atoms with Crippen molar-refractivity contribution in [2.24, 2.45) is 0 Å². The van der Waals surface area contributed by atoms with Gasteiger partial charge in [-0.25, -0.2) is 4.79 Å². The predicted octanol–water partition coefficient (Wildman–Crippen LogP) is 2.35. The minimum atomic E-state index is -0.950. The third kappa shape index (κ3) is 4.13. The van der Waals surface area contributed by atoms with Gasteiger partial charge in [0.15, 0.2) is 0 Å². The summed E-state index contributed by atoms with van der Waals surface area (Å²) in [5.74, 6) is -0.150. The number of allylic oxidation sites excluding steroid dienone is 2. The summed E-state index contributed by atoms with van der Waals surface area (Å²) in [7, 11) is 1.61. The minimum absolute atomic E-state index is 0.799. The molecule has 0 aliphatic heterocycles. The summed E-state index contributed by atoms with van der Waals surface area (Å²) < 4.78 is 5.01. The number of hydrogen-bond donors (Lipinski definition) is 1. The van der Waals surface area contributed by atoms with Crippen molar-refractivity contribution >= 4 is 12.0 Å². The summed E-state index contributed by atoms with van der Waals surface area (Å²) in [5, 5.41) is 8.34. The number of carboxylic acids is 1. The lowest BCUT2D eigenvalue weighted by atomic mass is 10.2. The molecule has 0 radical (unpaired) electrons. The average Bonchev–Trinajstić information content (AvgIpc) is 2.25. The van der Waals surface area contributed by atoms with Gasteiger partial charge in [-0.2, -0.15) is 0 Å². The second-order valence-electron chi connectivity index (χ2n) is 2.83. The zero-order chi connectivity index (χ0) is 11.1. The van der Waals surface area contributed by atoms with Crippen molar-refractivity contribution in [3.05, 3.63) is 48.1 Å². The number of carboxylic acid groups (broad SMARTS) is 1. The van der Waals surface area contributed by atoms with Crippen LogP contribution in [-0.4, -0.2) is 18.2 Å². The van der Waals surface area contributed by atoms with Crippen molar-refractivity contribution in [1.82, 2.24) is 0 Å². The van der Waals surface area contributed by atoms with E-state index in [1.807, 2.05) is 30.3 Å². The van der Waals surface area contributed by atoms with Gasteiger partial charge in [-0.3, -0.25) is 0 Å². The molecule has 0 saturated heterocycles. The third-order valence-electron chi connectivity index (χ3n) is 1.75. The first-order chi connectivity index (χ1) is 7.22. The molecule has 0 bridgehead atoms. The van der Waals surface area contributed by atoms with E-state index in [1.54, 1.807) is 13.2 Å². The van der Waals surface area contributed by atoms with E-state index < -0.39 is 5.97 Å². The monoisotopic (exact) mass is 204 g/mol. The Kier molecular flexibility index (Phi) is 4.16. The molecule has 0 aliphatic rings. The molecule has 0 aromatic heterocycles. The first-order valence-electron chi connectivity index (χ1n) is 4.44. The van der Waals surface area contributed by atoms with Gasteiger partial charge in [0.2, 0.25) is 0 Å². The van der Waals surface area contributed by atoms with Crippen LogP contribution in [0.25, 0.3) is 6.08 Å². The van der Waals surface area contributed by atoms with Gasteiger partial charge in [0.25, 0.3) is 0 Å². The fraction of sp³-hybridized carbons (Fsp3) is 0.0833. The summed E-state index contributed by atoms with van der Waals surface area (Å²) in [6.07, 6.45) is 6.06. The molecule has 78 valence electrons. The van der Waals surface area contributed by atoms with E-state index in [-0.39, 0.29) is 0 Å². The average molecular weight is 204 g/mol. The molecule has 0 aliphatic carbocycles. The van der Waals surface area contributed by atoms with Crippen LogP contribution in [0.3, 0.4) is 0 Å². The summed E-state index contributed by atoms with van der Waals surface area (Å²) in [6, 6.07) is 7.48. The fourth-order valence-corrected chi connectivity index (χ4v) is 1.02. The van der Waals surface area contributed by atoms with Crippen LogP contribution in [0, 0.1) is 0 Å². The smallest absolute Gasteiger partial charge is 0.328 e. The van der Waals surface area contributed by atoms with Crippen molar-refractivity contribution in [1.29, 1.82) is 0 Å². The fourth-order valence-electron chi connectivity index (χ4n) is 1.02. The highest BCUT2D eigenvalue weighted by Crippen LogP contribution is 2.12. The molecule has 0 fully saturated rings. The Morgan fingerprint density at radius 1 is 1.27 bits per heavy atom. The Labute approximate surface area is 88.3 Å². The van der Waals surface area contributed by atoms with E-state index in [2.05, 4.69) is 0 Å². The first-order valence-corrected chi connectivity index (χ1v) is 4.44. The number of rotatable bonds is 4. The third-order valence-corrected chi connectivity index (χ3v) is 1.75. The number of aliphatic carboxylic acids is 1. The Bertz CT molecular complexity index is 374. The van der Waals surface area contributed by atoms with Crippen LogP contribution in [0.1, 0.15) is 5.56 Å². The Balaban J connectivity index is 2.61. The maximum atomic E-state index is 10.2. The van der Waals surface area contributed by atoms with Crippen molar-refractivity contribution in [2.45, 2.75) is 0 Å². The SMILES string of the molecule is COc1ccc(/C=C/C=C/C(=O)O)cc1. The van der Waals surface area contributed by atoms with Gasteiger partial charge in [-0.05, 0) is 17.7 Å². The van der Waals surface area contributed by atoms with Crippen LogP contribution < -0.4 is 4.74 Å². The van der Waals surface area contributed by atoms with Crippen LogP contribution in [0.15, 0.2) is 42.5 Å². The van der Waals surface area contributed by atoms with Gasteiger partial charge in [-0.15, -0.1) is 0 Å². The quantitative estimate of drug-likeness (QED) is 0.605. The molecule has 0 amide bonds. The molecular formula is C12H12O3. The van der Waals surface area contributed by atoms with Crippen LogP contribution in [0.4, 0.5) is 0 Å². The minimum Gasteiger partial charge on any atom is -0.497 e. The van der Waals surface area contributed by atoms with Gasteiger partial charge in [0.05, 0.1) is 7.11 Å². The Morgan fingerprint density at radius 2 is 1.93 bits per heavy atom. The van der Waals surface area contributed by atoms with E-state index in [9.17, 15) is 4.79 Å². The van der Waals surface area contributed by atoms with Crippen molar-refractivity contribution < 1.29 is 14.6 Å². The lowest BCUT2D eigenvalue weighted by Crippen LogP contribution is -1.84. The second-order valence-corrected chi connectivity index (χ2v) is 2.83. The van der Waals surface area contributed by atoms with Crippen LogP contribution >= 0.6 is 0 Å². The molecule has 0 spiro atoms. The molecule has 1 aromatic carbocycles. The largest absolute Gasteiger partial charge is 0.497 e. The number of benzene rings is 1. The molecule has 15 heavy (non-hydrogen) atoms. The van der Waals surface area contributed by atoms with Gasteiger partial charge in [0, 0.05) is 6.08 Å². The predicted molar refractivity (Wildman–Crippen MR) is 58.8 cm³/mol. The molecule has 1 rings (SSSR count). The van der Waals surface area contributed by atoms with E-state index in [1.165, 1.54) is 6.08 Å². The second kappa shape index (κ2) is 5.65. The molecule has 0 atom stereocenters. The summed E-state index contributed by atoms with van der Waals surface area (Å²) in [4.78, 5) is 10.2. The van der Waals surface area contributed by atoms with E-state index in [4.69, 9.17) is 9.84 Å². The molecule has 1 N–H and O–H groups in total. The van der Waals surface area contributed by atoms with Crippen molar-refractivity contribution in [3.63, 3.8) is 0 Å². The molecule has 0 heterocycles. The molecule has 0 saturated carbocycles. The summed E-state index contributed by atoms with van der Waals surface area (Å²) >= 11 is 0. The van der Waals surface area contributed by atoms with Crippen LogP contribution in [0.2, 0.25) is 0 Å². The highest BCUT2D eigenvalue weighted by Gasteiger charge is 1.88. The Hall–Kier alpha value is -2.03. The van der Waals surface area contributed by atoms with E-state index >= 15 is 0 Å². The zero-order valence-electron chi connectivity index (χ0n) is 8.38. The van der Waals surface area contributed by atoms with Gasteiger partial charge >= 0.3 is 5.97 Å². The molecule has 3 nitrogen and oxygen atoms in total. The summed E-state index contributed by atoms with van der Waals surface area (Å²) in [5.41, 5.74) is 0.992. The maximum absolute atomic E-state index is 10.2. The molecular weight excluding hydrogens is 192 g/mol. The molecule has 3 heteroatoms. The van der Waals surface area contributed by atoms with Gasteiger partial charge in [0.1, 0.15) is 5.75 Å². The standard InChI is InChI=1S/C12H12O3/c1-15-11-8-6-10(7-9-11)4-2-3-5-12(13)14/h2-9H,1H3,(H,13,14)/b4-2+,5-3+. The topological polar surface area (TPSA) is 46.5 Å². The van der Waals surface area contributed by atoms with Crippen LogP contribution in [0.5, 0.6) is 5.75 Å². The lowest BCUT2D eigenvalue weighted by Gasteiger charge is -1.98. The normalized spacial score (nSPS) is 11.0. The highest BCUT2D eigenvalue weighted by atomic mass is 16.5. The van der Waals surface area contributed by atoms with E-state index in [0.717, 1.165) is 17.4 Å². The first kappa shape index (κ1) is 11.0. The number of hydrogen-bond acceptors (Lipinski definition) is 2. The van der Waals surface area contributed by atoms with E-state index in [0.29, 0.717) is 0 Å². The van der Waals surface area contributed by atoms with Crippen molar-refractivity contribution in [2.75, 3.05) is 7.11 Å². The zero-order valence-corrected chi connectivity index (χ0v) is 8.38. The van der Waals surface area contributed by atoms with Gasteiger partial charge < -0.3 is 9.84 Å². The number of methoxy groups -OCH3 is 1. The highest BCUT2D eigenvalue weighted by molar-refractivity contribution is 5.80. The Morgan fingerprint density at radius 3 is 2.47 bits per heavy atom. The maximum Gasteiger partial charge on any atom is 0.328 e. The summed E-state index contributed by atoms with van der Waals surface area (Å²) in [6.45, 7) is 0. The number of carbonyl (C=O) groups is 1. The number of ether oxygens (including phenoxy) is 1.